The van der Waals surface area contributed by atoms with Crippen LogP contribution in [0.5, 0.6) is 0 Å². The highest BCUT2D eigenvalue weighted by Crippen LogP contribution is 2.22. The fraction of sp³-hybridized carbons (Fsp3) is 0.286. The van der Waals surface area contributed by atoms with Crippen LogP contribution in [0.3, 0.4) is 0 Å². The standard InChI is InChI=1S/C28H31ClN2O2S/c1-3-17-30-28(33)26(18-22-7-5-4-6-8-22)31(19-23-11-13-24(29)14-12-23)27(32)20-34-25-15-9-21(2)10-16-25/h4-16,26H,3,17-20H2,1-2H3,(H,30,33)/t26-/m1/s1. The molecule has 0 heterocycles. The third kappa shape index (κ3) is 7.93. The summed E-state index contributed by atoms with van der Waals surface area (Å²) in [6.45, 7) is 4.96. The van der Waals surface area contributed by atoms with Crippen LogP contribution in [0.15, 0.2) is 83.8 Å². The van der Waals surface area contributed by atoms with E-state index in [4.69, 9.17) is 11.6 Å². The Balaban J connectivity index is 1.87. The highest BCUT2D eigenvalue weighted by Gasteiger charge is 2.30. The van der Waals surface area contributed by atoms with Gasteiger partial charge in [0.1, 0.15) is 6.04 Å². The molecule has 178 valence electrons. The summed E-state index contributed by atoms with van der Waals surface area (Å²) in [5.41, 5.74) is 3.12. The molecule has 0 saturated carbocycles. The Morgan fingerprint density at radius 1 is 0.941 bits per heavy atom. The van der Waals surface area contributed by atoms with Crippen molar-refractivity contribution >= 4 is 35.2 Å². The molecule has 4 nitrogen and oxygen atoms in total. The zero-order chi connectivity index (χ0) is 24.3. The number of thioether (sulfide) groups is 1. The first kappa shape index (κ1) is 25.9. The molecule has 0 aliphatic heterocycles. The molecule has 3 aromatic carbocycles. The maximum atomic E-state index is 13.6. The zero-order valence-corrected chi connectivity index (χ0v) is 21.2. The Bertz CT molecular complexity index is 1060. The summed E-state index contributed by atoms with van der Waals surface area (Å²) < 4.78 is 0. The Labute approximate surface area is 211 Å². The molecule has 0 aromatic heterocycles. The smallest absolute Gasteiger partial charge is 0.243 e. The van der Waals surface area contributed by atoms with E-state index in [-0.39, 0.29) is 17.6 Å². The molecule has 0 spiro atoms. The lowest BCUT2D eigenvalue weighted by atomic mass is 10.0. The van der Waals surface area contributed by atoms with Gasteiger partial charge in [-0.3, -0.25) is 9.59 Å². The molecule has 0 unspecified atom stereocenters. The van der Waals surface area contributed by atoms with Crippen LogP contribution in [0.4, 0.5) is 0 Å². The average Bonchev–Trinajstić information content (AvgIpc) is 2.86. The number of hydrogen-bond acceptors (Lipinski definition) is 3. The second-order valence-corrected chi connectivity index (χ2v) is 9.73. The summed E-state index contributed by atoms with van der Waals surface area (Å²) in [4.78, 5) is 29.6. The summed E-state index contributed by atoms with van der Waals surface area (Å²) in [5, 5.41) is 3.64. The first-order valence-electron chi connectivity index (χ1n) is 11.5. The first-order valence-corrected chi connectivity index (χ1v) is 12.9. The molecule has 1 N–H and O–H groups in total. The van der Waals surface area contributed by atoms with Crippen LogP contribution >= 0.6 is 23.4 Å². The molecule has 0 aliphatic rings. The summed E-state index contributed by atoms with van der Waals surface area (Å²) in [7, 11) is 0. The Hall–Kier alpha value is -2.76. The minimum atomic E-state index is -0.615. The largest absolute Gasteiger partial charge is 0.354 e. The van der Waals surface area contributed by atoms with Crippen molar-refractivity contribution < 1.29 is 9.59 Å². The fourth-order valence-corrected chi connectivity index (χ4v) is 4.48. The third-order valence-electron chi connectivity index (χ3n) is 5.47. The SMILES string of the molecule is CCCNC(=O)[C@@H](Cc1ccccc1)N(Cc1ccc(Cl)cc1)C(=O)CSc1ccc(C)cc1. The first-order chi connectivity index (χ1) is 16.5. The highest BCUT2D eigenvalue weighted by molar-refractivity contribution is 8.00. The van der Waals surface area contributed by atoms with E-state index in [1.165, 1.54) is 17.3 Å². The van der Waals surface area contributed by atoms with Gasteiger partial charge in [-0.25, -0.2) is 0 Å². The maximum Gasteiger partial charge on any atom is 0.243 e. The predicted molar refractivity (Wildman–Crippen MR) is 141 cm³/mol. The molecule has 1 atom stereocenters. The van der Waals surface area contributed by atoms with Crippen LogP contribution in [0.2, 0.25) is 5.02 Å². The van der Waals surface area contributed by atoms with Gasteiger partial charge in [0.2, 0.25) is 11.8 Å². The topological polar surface area (TPSA) is 49.4 Å². The number of aryl methyl sites for hydroxylation is 1. The van der Waals surface area contributed by atoms with E-state index >= 15 is 0 Å². The lowest BCUT2D eigenvalue weighted by molar-refractivity contribution is -0.139. The fourth-order valence-electron chi connectivity index (χ4n) is 3.57. The number of nitrogens with one attached hydrogen (secondary N) is 1. The van der Waals surface area contributed by atoms with Gasteiger partial charge in [-0.2, -0.15) is 0 Å². The van der Waals surface area contributed by atoms with Crippen LogP contribution in [0.1, 0.15) is 30.0 Å². The quantitative estimate of drug-likeness (QED) is 0.337. The molecular weight excluding hydrogens is 464 g/mol. The molecule has 2 amide bonds. The number of hydrogen-bond donors (Lipinski definition) is 1. The zero-order valence-electron chi connectivity index (χ0n) is 19.7. The normalized spacial score (nSPS) is 11.6. The third-order valence-corrected chi connectivity index (χ3v) is 6.72. The van der Waals surface area contributed by atoms with Crippen molar-refractivity contribution in [2.75, 3.05) is 12.3 Å². The van der Waals surface area contributed by atoms with Gasteiger partial charge in [0.15, 0.2) is 0 Å². The minimum Gasteiger partial charge on any atom is -0.354 e. The Morgan fingerprint density at radius 2 is 1.62 bits per heavy atom. The Morgan fingerprint density at radius 3 is 2.26 bits per heavy atom. The number of nitrogens with zero attached hydrogens (tertiary/aromatic N) is 1. The molecule has 0 fully saturated rings. The summed E-state index contributed by atoms with van der Waals surface area (Å²) in [6, 6.07) is 24.8. The summed E-state index contributed by atoms with van der Waals surface area (Å²) in [5.74, 6) is 0.0460. The van der Waals surface area contributed by atoms with E-state index in [0.717, 1.165) is 22.4 Å². The second kappa shape index (κ2) is 13.2. The molecule has 3 aromatic rings. The van der Waals surface area contributed by atoms with E-state index < -0.39 is 6.04 Å². The van der Waals surface area contributed by atoms with E-state index in [1.54, 1.807) is 4.90 Å². The van der Waals surface area contributed by atoms with E-state index in [2.05, 4.69) is 5.32 Å². The molecule has 0 bridgehead atoms. The van der Waals surface area contributed by atoms with Crippen molar-refractivity contribution in [3.63, 3.8) is 0 Å². The number of amides is 2. The minimum absolute atomic E-state index is 0.0758. The Kier molecular flexibility index (Phi) is 10.0. The van der Waals surface area contributed by atoms with Gasteiger partial charge in [-0.1, -0.05) is 78.7 Å². The number of rotatable bonds is 11. The molecule has 34 heavy (non-hydrogen) atoms. The van der Waals surface area contributed by atoms with Crippen molar-refractivity contribution in [1.82, 2.24) is 10.2 Å². The van der Waals surface area contributed by atoms with Crippen LogP contribution < -0.4 is 5.32 Å². The molecule has 0 aliphatic carbocycles. The lowest BCUT2D eigenvalue weighted by Crippen LogP contribution is -2.51. The van der Waals surface area contributed by atoms with Gasteiger partial charge in [0, 0.05) is 29.4 Å². The monoisotopic (exact) mass is 494 g/mol. The van der Waals surface area contributed by atoms with Crippen molar-refractivity contribution in [3.8, 4) is 0 Å². The molecule has 0 radical (unpaired) electrons. The molecular formula is C28H31ClN2O2S. The molecule has 0 saturated heterocycles. The number of carbonyl (C=O) groups is 2. The van der Waals surface area contributed by atoms with Gasteiger partial charge in [0.05, 0.1) is 5.75 Å². The van der Waals surface area contributed by atoms with Gasteiger partial charge in [-0.15, -0.1) is 11.8 Å². The van der Waals surface area contributed by atoms with Gasteiger partial charge < -0.3 is 10.2 Å². The van der Waals surface area contributed by atoms with Gasteiger partial charge in [0.25, 0.3) is 0 Å². The lowest BCUT2D eigenvalue weighted by Gasteiger charge is -2.31. The average molecular weight is 495 g/mol. The van der Waals surface area contributed by atoms with E-state index in [9.17, 15) is 9.59 Å². The van der Waals surface area contributed by atoms with Crippen molar-refractivity contribution in [2.24, 2.45) is 0 Å². The highest BCUT2D eigenvalue weighted by atomic mass is 35.5. The van der Waals surface area contributed by atoms with Crippen LogP contribution in [0.25, 0.3) is 0 Å². The van der Waals surface area contributed by atoms with Crippen molar-refractivity contribution in [1.29, 1.82) is 0 Å². The van der Waals surface area contributed by atoms with Crippen molar-refractivity contribution in [3.05, 3.63) is 101 Å². The summed E-state index contributed by atoms with van der Waals surface area (Å²) >= 11 is 7.56. The second-order valence-electron chi connectivity index (χ2n) is 8.25. The van der Waals surface area contributed by atoms with E-state index in [1.807, 2.05) is 92.7 Å². The van der Waals surface area contributed by atoms with Crippen molar-refractivity contribution in [2.45, 2.75) is 44.2 Å². The molecule has 3 rings (SSSR count). The van der Waals surface area contributed by atoms with Crippen LogP contribution in [-0.2, 0) is 22.6 Å². The predicted octanol–water partition coefficient (Wildman–Crippen LogP) is 5.91. The van der Waals surface area contributed by atoms with Crippen LogP contribution in [-0.4, -0.2) is 35.1 Å². The number of benzene rings is 3. The van der Waals surface area contributed by atoms with E-state index in [0.29, 0.717) is 24.5 Å². The number of carbonyl (C=O) groups excluding carboxylic acids is 2. The van der Waals surface area contributed by atoms with Gasteiger partial charge >= 0.3 is 0 Å². The van der Waals surface area contributed by atoms with Gasteiger partial charge in [-0.05, 0) is 48.7 Å². The summed E-state index contributed by atoms with van der Waals surface area (Å²) in [6.07, 6.45) is 1.28. The molecule has 6 heteroatoms. The number of halogens is 1. The van der Waals surface area contributed by atoms with Crippen LogP contribution in [0, 0.1) is 6.92 Å². The maximum absolute atomic E-state index is 13.6.